The molecule has 1 aromatic carbocycles. The molecule has 1 N–H and O–H groups in total. The van der Waals surface area contributed by atoms with Gasteiger partial charge in [-0.25, -0.2) is 0 Å². The monoisotopic (exact) mass is 254 g/mol. The Morgan fingerprint density at radius 3 is 2.68 bits per heavy atom. The Bertz CT molecular complexity index is 570. The first-order chi connectivity index (χ1) is 9.20. The maximum Gasteiger partial charge on any atom is 0.308 e. The third-order valence-corrected chi connectivity index (χ3v) is 3.10. The first-order valence-electron chi connectivity index (χ1n) is 5.90. The van der Waals surface area contributed by atoms with E-state index in [0.29, 0.717) is 5.57 Å². The minimum atomic E-state index is -0.658. The van der Waals surface area contributed by atoms with Crippen LogP contribution in [0.25, 0.3) is 0 Å². The average Bonchev–Trinajstić information content (AvgIpc) is 2.48. The van der Waals surface area contributed by atoms with Crippen molar-refractivity contribution in [1.82, 2.24) is 5.32 Å². The lowest BCUT2D eigenvalue weighted by Crippen LogP contribution is -2.41. The smallest absolute Gasteiger partial charge is 0.308 e. The van der Waals surface area contributed by atoms with E-state index in [2.05, 4.69) is 11.4 Å². The number of carbonyl (C=O) groups excluding carboxylic acids is 1. The van der Waals surface area contributed by atoms with Crippen molar-refractivity contribution < 1.29 is 9.53 Å². The molecule has 0 aliphatic carbocycles. The molecule has 4 heteroatoms. The Balaban J connectivity index is 2.37. The second-order valence-corrected chi connectivity index (χ2v) is 4.28. The number of nitrogens with zero attached hydrogens (tertiary/aromatic N) is 1. The lowest BCUT2D eigenvalue weighted by molar-refractivity contribution is -0.141. The zero-order valence-electron chi connectivity index (χ0n) is 10.6. The number of dihydropyridines is 1. The number of carbonyl (C=O) groups is 1. The molecule has 0 bridgehead atoms. The van der Waals surface area contributed by atoms with Gasteiger partial charge in [0.2, 0.25) is 0 Å². The van der Waals surface area contributed by atoms with Crippen LogP contribution >= 0.6 is 0 Å². The maximum atomic E-state index is 11.6. The molecule has 1 aliphatic heterocycles. The van der Waals surface area contributed by atoms with E-state index >= 15 is 0 Å². The molecule has 1 aliphatic rings. The van der Waals surface area contributed by atoms with Crippen molar-refractivity contribution >= 4 is 5.97 Å². The van der Waals surface area contributed by atoms with Crippen molar-refractivity contribution in [3.8, 4) is 6.07 Å². The summed E-state index contributed by atoms with van der Waals surface area (Å²) in [5, 5.41) is 12.0. The van der Waals surface area contributed by atoms with Crippen LogP contribution in [-0.4, -0.2) is 13.1 Å². The molecule has 1 aromatic rings. The van der Waals surface area contributed by atoms with Crippen molar-refractivity contribution in [3.63, 3.8) is 0 Å². The van der Waals surface area contributed by atoms with Gasteiger partial charge in [-0.2, -0.15) is 5.26 Å². The van der Waals surface area contributed by atoms with Gasteiger partial charge in [0.15, 0.2) is 0 Å². The number of hydrogen-bond acceptors (Lipinski definition) is 4. The van der Waals surface area contributed by atoms with Crippen LogP contribution in [0.15, 0.2) is 54.3 Å². The van der Waals surface area contributed by atoms with E-state index < -0.39 is 5.54 Å². The lowest BCUT2D eigenvalue weighted by atomic mass is 9.84. The second kappa shape index (κ2) is 5.40. The lowest BCUT2D eigenvalue weighted by Gasteiger charge is -2.33. The molecular formula is C15H14N2O2. The summed E-state index contributed by atoms with van der Waals surface area (Å²) in [7, 11) is 1.37. The minimum Gasteiger partial charge on any atom is -0.469 e. The van der Waals surface area contributed by atoms with Gasteiger partial charge in [0, 0.05) is 6.20 Å². The first-order valence-corrected chi connectivity index (χ1v) is 5.90. The zero-order valence-corrected chi connectivity index (χ0v) is 10.6. The molecule has 96 valence electrons. The van der Waals surface area contributed by atoms with E-state index in [9.17, 15) is 4.79 Å². The van der Waals surface area contributed by atoms with Gasteiger partial charge in [-0.1, -0.05) is 36.4 Å². The number of esters is 1. The summed E-state index contributed by atoms with van der Waals surface area (Å²) in [6.45, 7) is 0. The standard InChI is InChI=1S/C15H14N2O2/c1-19-14(18)9-15(13-5-3-2-4-6-13)8-7-12(10-16)11-17-15/h2-8,11,17H,9H2,1H3. The Morgan fingerprint density at radius 1 is 1.42 bits per heavy atom. The highest BCUT2D eigenvalue weighted by molar-refractivity contribution is 5.72. The van der Waals surface area contributed by atoms with Crippen molar-refractivity contribution in [2.45, 2.75) is 12.0 Å². The van der Waals surface area contributed by atoms with Gasteiger partial charge in [0.1, 0.15) is 6.07 Å². The fourth-order valence-corrected chi connectivity index (χ4v) is 2.03. The SMILES string of the molecule is COC(=O)CC1(c2ccccc2)C=CC(C#N)=CN1. The second-order valence-electron chi connectivity index (χ2n) is 4.28. The topological polar surface area (TPSA) is 62.1 Å². The number of methoxy groups -OCH3 is 1. The molecule has 1 atom stereocenters. The molecule has 2 rings (SSSR count). The molecule has 1 unspecified atom stereocenters. The number of allylic oxidation sites excluding steroid dienone is 2. The van der Waals surface area contributed by atoms with Gasteiger partial charge in [0.25, 0.3) is 0 Å². The van der Waals surface area contributed by atoms with Crippen LogP contribution in [0, 0.1) is 11.3 Å². The highest BCUT2D eigenvalue weighted by Crippen LogP contribution is 2.30. The van der Waals surface area contributed by atoms with Gasteiger partial charge in [-0.05, 0) is 11.6 Å². The highest BCUT2D eigenvalue weighted by atomic mass is 16.5. The van der Waals surface area contributed by atoms with Crippen LogP contribution in [-0.2, 0) is 15.1 Å². The van der Waals surface area contributed by atoms with E-state index in [1.54, 1.807) is 12.3 Å². The molecule has 1 heterocycles. The van der Waals surface area contributed by atoms with Crippen LogP contribution in [0.3, 0.4) is 0 Å². The summed E-state index contributed by atoms with van der Waals surface area (Å²) < 4.78 is 4.75. The quantitative estimate of drug-likeness (QED) is 0.838. The number of rotatable bonds is 3. The third-order valence-electron chi connectivity index (χ3n) is 3.10. The van der Waals surface area contributed by atoms with E-state index in [4.69, 9.17) is 10.00 Å². The predicted molar refractivity (Wildman–Crippen MR) is 70.7 cm³/mol. The summed E-state index contributed by atoms with van der Waals surface area (Å²) in [6.07, 6.45) is 5.33. The van der Waals surface area contributed by atoms with Gasteiger partial charge < -0.3 is 10.1 Å². The molecule has 0 spiro atoms. The number of nitriles is 1. The number of benzene rings is 1. The fourth-order valence-electron chi connectivity index (χ4n) is 2.03. The number of ether oxygens (including phenoxy) is 1. The Hall–Kier alpha value is -2.54. The van der Waals surface area contributed by atoms with Crippen LogP contribution in [0.2, 0.25) is 0 Å². The molecule has 0 saturated heterocycles. The molecule has 0 fully saturated rings. The Kier molecular flexibility index (Phi) is 3.67. The summed E-state index contributed by atoms with van der Waals surface area (Å²) in [6, 6.07) is 11.7. The van der Waals surface area contributed by atoms with Gasteiger partial charge in [0.05, 0.1) is 24.6 Å². The fraction of sp³-hybridized carbons (Fsp3) is 0.200. The van der Waals surface area contributed by atoms with Crippen LogP contribution in [0.4, 0.5) is 0 Å². The van der Waals surface area contributed by atoms with Crippen molar-refractivity contribution in [3.05, 3.63) is 59.8 Å². The summed E-state index contributed by atoms with van der Waals surface area (Å²) in [5.74, 6) is -0.310. The molecule has 19 heavy (non-hydrogen) atoms. The number of hydrogen-bond donors (Lipinski definition) is 1. The zero-order chi connectivity index (χ0) is 13.7. The molecular weight excluding hydrogens is 240 g/mol. The van der Waals surface area contributed by atoms with Gasteiger partial charge in [-0.3, -0.25) is 4.79 Å². The maximum absolute atomic E-state index is 11.6. The third kappa shape index (κ3) is 2.66. The predicted octanol–water partition coefficient (Wildman–Crippen LogP) is 2.01. The largest absolute Gasteiger partial charge is 0.469 e. The van der Waals surface area contributed by atoms with Crippen LogP contribution < -0.4 is 5.32 Å². The van der Waals surface area contributed by atoms with Gasteiger partial charge >= 0.3 is 5.97 Å². The summed E-state index contributed by atoms with van der Waals surface area (Å²) >= 11 is 0. The van der Waals surface area contributed by atoms with E-state index in [-0.39, 0.29) is 12.4 Å². The molecule has 0 saturated carbocycles. The summed E-state index contributed by atoms with van der Waals surface area (Å²) in [4.78, 5) is 11.6. The van der Waals surface area contributed by atoms with Crippen molar-refractivity contribution in [2.75, 3.05) is 7.11 Å². The molecule has 0 amide bonds. The van der Waals surface area contributed by atoms with Crippen molar-refractivity contribution in [1.29, 1.82) is 5.26 Å². The molecule has 4 nitrogen and oxygen atoms in total. The normalized spacial score (nSPS) is 20.9. The minimum absolute atomic E-state index is 0.166. The highest BCUT2D eigenvalue weighted by Gasteiger charge is 2.33. The van der Waals surface area contributed by atoms with Crippen molar-refractivity contribution in [2.24, 2.45) is 0 Å². The Morgan fingerprint density at radius 2 is 2.16 bits per heavy atom. The number of nitrogens with one attached hydrogen (secondary N) is 1. The molecule has 0 radical (unpaired) electrons. The average molecular weight is 254 g/mol. The van der Waals surface area contributed by atoms with E-state index in [0.717, 1.165) is 5.56 Å². The van der Waals surface area contributed by atoms with E-state index in [1.807, 2.05) is 36.4 Å². The first kappa shape index (κ1) is 12.9. The summed E-state index contributed by atoms with van der Waals surface area (Å²) in [5.41, 5.74) is 0.815. The van der Waals surface area contributed by atoms with E-state index in [1.165, 1.54) is 7.11 Å². The van der Waals surface area contributed by atoms with Crippen LogP contribution in [0.1, 0.15) is 12.0 Å². The molecule has 0 aromatic heterocycles. The van der Waals surface area contributed by atoms with Gasteiger partial charge in [-0.15, -0.1) is 0 Å². The van der Waals surface area contributed by atoms with Crippen LogP contribution in [0.5, 0.6) is 0 Å². The Labute approximate surface area is 112 Å².